The van der Waals surface area contributed by atoms with Gasteiger partial charge in [0.25, 0.3) is 0 Å². The van der Waals surface area contributed by atoms with E-state index in [4.69, 9.17) is 0 Å². The number of anilines is 1. The molecule has 0 radical (unpaired) electrons. The molecule has 2 aromatic heterocycles. The molecule has 24 heavy (non-hydrogen) atoms. The van der Waals surface area contributed by atoms with Gasteiger partial charge < -0.3 is 5.32 Å². The Hall–Kier alpha value is -2.77. The molecule has 0 fully saturated rings. The zero-order valence-corrected chi connectivity index (χ0v) is 13.8. The average molecular weight is 324 g/mol. The summed E-state index contributed by atoms with van der Waals surface area (Å²) < 4.78 is 3.73. The fourth-order valence-corrected chi connectivity index (χ4v) is 2.95. The summed E-state index contributed by atoms with van der Waals surface area (Å²) in [4.78, 5) is 4.55. The molecule has 0 bridgehead atoms. The Morgan fingerprint density at radius 1 is 1.25 bits per heavy atom. The van der Waals surface area contributed by atoms with Gasteiger partial charge in [0.1, 0.15) is 5.82 Å². The van der Waals surface area contributed by atoms with Gasteiger partial charge in [-0.1, -0.05) is 29.7 Å². The first-order valence-electron chi connectivity index (χ1n) is 8.27. The summed E-state index contributed by atoms with van der Waals surface area (Å²) in [6.07, 6.45) is 2.77. The zero-order chi connectivity index (χ0) is 16.5. The van der Waals surface area contributed by atoms with Gasteiger partial charge in [0.2, 0.25) is 5.95 Å². The lowest BCUT2D eigenvalue weighted by atomic mass is 10.1. The van der Waals surface area contributed by atoms with Crippen molar-refractivity contribution in [2.75, 3.05) is 5.32 Å². The molecule has 0 saturated carbocycles. The molecular weight excluding hydrogens is 304 g/mol. The number of benzene rings is 1. The Morgan fingerprint density at radius 2 is 2.08 bits per heavy atom. The van der Waals surface area contributed by atoms with Crippen molar-refractivity contribution in [3.8, 4) is 5.69 Å². The van der Waals surface area contributed by atoms with Crippen LogP contribution in [0.2, 0.25) is 0 Å². The number of tetrazole rings is 1. The molecule has 1 N–H and O–H groups in total. The fraction of sp³-hybridized carbons (Fsp3) is 0.438. The van der Waals surface area contributed by atoms with Gasteiger partial charge in [0, 0.05) is 18.9 Å². The first-order valence-corrected chi connectivity index (χ1v) is 8.27. The molecule has 8 nitrogen and oxygen atoms in total. The summed E-state index contributed by atoms with van der Waals surface area (Å²) in [5, 5.41) is 20.0. The molecule has 124 valence electrons. The third-order valence-electron chi connectivity index (χ3n) is 4.30. The summed E-state index contributed by atoms with van der Waals surface area (Å²) in [6, 6.07) is 8.37. The summed E-state index contributed by atoms with van der Waals surface area (Å²) >= 11 is 0. The second-order valence-corrected chi connectivity index (χ2v) is 6.11. The van der Waals surface area contributed by atoms with Crippen LogP contribution in [0.1, 0.15) is 30.6 Å². The fourth-order valence-electron chi connectivity index (χ4n) is 2.95. The normalized spacial score (nSPS) is 16.8. The van der Waals surface area contributed by atoms with Crippen LogP contribution in [0.25, 0.3) is 5.69 Å². The molecule has 0 amide bonds. The Labute approximate surface area is 139 Å². The van der Waals surface area contributed by atoms with Crippen molar-refractivity contribution in [3.63, 3.8) is 0 Å². The number of nitrogens with one attached hydrogen (secondary N) is 1. The molecule has 0 spiro atoms. The van der Waals surface area contributed by atoms with Crippen LogP contribution in [0, 0.1) is 6.92 Å². The second kappa shape index (κ2) is 6.03. The highest BCUT2D eigenvalue weighted by Gasteiger charge is 2.23. The minimum Gasteiger partial charge on any atom is -0.348 e. The third-order valence-corrected chi connectivity index (χ3v) is 4.30. The van der Waals surface area contributed by atoms with Gasteiger partial charge in [0.05, 0.1) is 12.2 Å². The van der Waals surface area contributed by atoms with Crippen molar-refractivity contribution >= 4 is 5.95 Å². The lowest BCUT2D eigenvalue weighted by Gasteiger charge is -2.23. The van der Waals surface area contributed by atoms with Gasteiger partial charge in [-0.2, -0.15) is 9.78 Å². The van der Waals surface area contributed by atoms with E-state index >= 15 is 0 Å². The van der Waals surface area contributed by atoms with Crippen LogP contribution in [-0.4, -0.2) is 41.0 Å². The molecule has 0 saturated heterocycles. The van der Waals surface area contributed by atoms with Gasteiger partial charge >= 0.3 is 0 Å². The molecule has 1 aromatic carbocycles. The topological polar surface area (TPSA) is 86.3 Å². The Bertz CT molecular complexity index is 832. The average Bonchev–Trinajstić information content (AvgIpc) is 3.21. The van der Waals surface area contributed by atoms with Crippen LogP contribution in [-0.2, 0) is 19.4 Å². The summed E-state index contributed by atoms with van der Waals surface area (Å²) in [6.45, 7) is 4.92. The van der Waals surface area contributed by atoms with E-state index in [0.29, 0.717) is 5.95 Å². The molecule has 1 atom stereocenters. The lowest BCUT2D eigenvalue weighted by molar-refractivity contribution is 0.438. The summed E-state index contributed by atoms with van der Waals surface area (Å²) in [7, 11) is 0. The highest BCUT2D eigenvalue weighted by Crippen LogP contribution is 2.18. The minimum absolute atomic E-state index is 0.235. The Morgan fingerprint density at radius 3 is 2.88 bits per heavy atom. The molecule has 0 aliphatic carbocycles. The smallest absolute Gasteiger partial charge is 0.248 e. The summed E-state index contributed by atoms with van der Waals surface area (Å²) in [5.74, 6) is 2.64. The number of aromatic nitrogens is 7. The maximum atomic E-state index is 4.55. The minimum atomic E-state index is 0.235. The monoisotopic (exact) mass is 324 g/mol. The first-order chi connectivity index (χ1) is 11.7. The molecular formula is C16H20N8. The van der Waals surface area contributed by atoms with E-state index in [9.17, 15) is 0 Å². The van der Waals surface area contributed by atoms with E-state index in [0.717, 1.165) is 43.1 Å². The Balaban J connectivity index is 1.52. The molecule has 1 aliphatic heterocycles. The van der Waals surface area contributed by atoms with Crippen LogP contribution >= 0.6 is 0 Å². The van der Waals surface area contributed by atoms with Crippen molar-refractivity contribution in [1.82, 2.24) is 35.0 Å². The number of hydrogen-bond donors (Lipinski definition) is 1. The van der Waals surface area contributed by atoms with Gasteiger partial charge in [0.15, 0.2) is 5.82 Å². The quantitative estimate of drug-likeness (QED) is 0.783. The van der Waals surface area contributed by atoms with Gasteiger partial charge in [-0.15, -0.1) is 0 Å². The molecule has 3 heterocycles. The standard InChI is InChI=1S/C16H20N8/c1-3-14-18-15-9-6-12(10-23(15)20-14)17-16-19-21-22-24(16)13-7-4-11(2)5-8-13/h4-5,7-8,12H,3,6,9-10H2,1-2H3,(H,17,19,22). The van der Waals surface area contributed by atoms with Crippen LogP contribution in [0.5, 0.6) is 0 Å². The van der Waals surface area contributed by atoms with Gasteiger partial charge in [-0.3, -0.25) is 0 Å². The molecule has 8 heteroatoms. The highest BCUT2D eigenvalue weighted by molar-refractivity contribution is 5.40. The van der Waals surface area contributed by atoms with Gasteiger partial charge in [-0.05, 0) is 35.9 Å². The van der Waals surface area contributed by atoms with E-state index in [1.165, 1.54) is 5.56 Å². The van der Waals surface area contributed by atoms with Crippen molar-refractivity contribution in [2.45, 2.75) is 45.7 Å². The highest BCUT2D eigenvalue weighted by atomic mass is 15.6. The lowest BCUT2D eigenvalue weighted by Crippen LogP contribution is -2.33. The largest absolute Gasteiger partial charge is 0.348 e. The third kappa shape index (κ3) is 2.75. The van der Waals surface area contributed by atoms with E-state index < -0.39 is 0 Å². The van der Waals surface area contributed by atoms with E-state index in [1.807, 2.05) is 16.8 Å². The van der Waals surface area contributed by atoms with Gasteiger partial charge in [-0.25, -0.2) is 9.67 Å². The molecule has 1 unspecified atom stereocenters. The second-order valence-electron chi connectivity index (χ2n) is 6.11. The van der Waals surface area contributed by atoms with E-state index in [2.05, 4.69) is 56.9 Å². The van der Waals surface area contributed by atoms with Crippen molar-refractivity contribution in [2.24, 2.45) is 0 Å². The molecule has 1 aliphatic rings. The Kier molecular flexibility index (Phi) is 3.72. The first kappa shape index (κ1) is 14.8. The number of hydrogen-bond acceptors (Lipinski definition) is 6. The number of rotatable bonds is 4. The van der Waals surface area contributed by atoms with Crippen LogP contribution < -0.4 is 5.32 Å². The molecule has 4 rings (SSSR count). The SMILES string of the molecule is CCc1nc2n(n1)CC(Nc1nnnn1-c1ccc(C)cc1)CC2. The van der Waals surface area contributed by atoms with E-state index in [1.54, 1.807) is 4.68 Å². The van der Waals surface area contributed by atoms with E-state index in [-0.39, 0.29) is 6.04 Å². The maximum Gasteiger partial charge on any atom is 0.248 e. The van der Waals surface area contributed by atoms with Crippen molar-refractivity contribution < 1.29 is 0 Å². The maximum absolute atomic E-state index is 4.55. The predicted molar refractivity (Wildman–Crippen MR) is 89.0 cm³/mol. The number of aryl methyl sites for hydroxylation is 3. The van der Waals surface area contributed by atoms with Crippen LogP contribution in [0.15, 0.2) is 24.3 Å². The molecule has 3 aromatic rings. The predicted octanol–water partition coefficient (Wildman–Crippen LogP) is 1.55. The van der Waals surface area contributed by atoms with Crippen LogP contribution in [0.3, 0.4) is 0 Å². The van der Waals surface area contributed by atoms with Crippen molar-refractivity contribution in [3.05, 3.63) is 41.5 Å². The van der Waals surface area contributed by atoms with Crippen LogP contribution in [0.4, 0.5) is 5.95 Å². The number of fused-ring (bicyclic) bond motifs is 1. The number of nitrogens with zero attached hydrogens (tertiary/aromatic N) is 7. The summed E-state index contributed by atoms with van der Waals surface area (Å²) in [5.41, 5.74) is 2.15. The van der Waals surface area contributed by atoms with Crippen molar-refractivity contribution in [1.29, 1.82) is 0 Å². The zero-order valence-electron chi connectivity index (χ0n) is 13.8.